The van der Waals surface area contributed by atoms with Gasteiger partial charge in [0.2, 0.25) is 5.91 Å². The van der Waals surface area contributed by atoms with Gasteiger partial charge in [-0.3, -0.25) is 4.79 Å². The molecule has 0 bridgehead atoms. The summed E-state index contributed by atoms with van der Waals surface area (Å²) in [6.07, 6.45) is 6.27. The van der Waals surface area contributed by atoms with Gasteiger partial charge in [-0.2, -0.15) is 0 Å². The fourth-order valence-corrected chi connectivity index (χ4v) is 6.41. The molecule has 2 N–H and O–H groups in total. The molecule has 0 heterocycles. The zero-order chi connectivity index (χ0) is 29.6. The van der Waals surface area contributed by atoms with E-state index in [1.54, 1.807) is 11.8 Å². The number of ether oxygens (including phenoxy) is 1. The molecular formula is C35H46N2O3S. The summed E-state index contributed by atoms with van der Waals surface area (Å²) in [4.78, 5) is 26.4. The Bertz CT molecular complexity index is 1080. The first-order valence-corrected chi connectivity index (χ1v) is 15.8. The molecule has 0 aromatic heterocycles. The van der Waals surface area contributed by atoms with Crippen LogP contribution in [0.15, 0.2) is 91.0 Å². The molecule has 0 fully saturated rings. The molecule has 0 saturated heterocycles. The van der Waals surface area contributed by atoms with Gasteiger partial charge in [-0.15, -0.1) is 11.8 Å². The number of carbonyl (C=O) groups is 2. The maximum Gasteiger partial charge on any atom is 0.408 e. The zero-order valence-corrected chi connectivity index (χ0v) is 25.8. The van der Waals surface area contributed by atoms with Crippen molar-refractivity contribution >= 4 is 23.8 Å². The van der Waals surface area contributed by atoms with Gasteiger partial charge in [0.05, 0.1) is 4.75 Å². The van der Waals surface area contributed by atoms with Crippen LogP contribution < -0.4 is 10.6 Å². The van der Waals surface area contributed by atoms with Crippen molar-refractivity contribution in [2.75, 3.05) is 12.3 Å². The van der Waals surface area contributed by atoms with E-state index in [1.807, 2.05) is 75.4 Å². The van der Waals surface area contributed by atoms with Gasteiger partial charge < -0.3 is 15.4 Å². The number of alkyl carbamates (subject to hydrolysis) is 1. The molecule has 3 aromatic carbocycles. The summed E-state index contributed by atoms with van der Waals surface area (Å²) in [7, 11) is 0. The number of hydrogen-bond acceptors (Lipinski definition) is 4. The van der Waals surface area contributed by atoms with E-state index in [0.29, 0.717) is 12.3 Å². The van der Waals surface area contributed by atoms with Crippen LogP contribution in [0.2, 0.25) is 0 Å². The lowest BCUT2D eigenvalue weighted by Gasteiger charge is -2.36. The van der Waals surface area contributed by atoms with Crippen LogP contribution >= 0.6 is 11.8 Å². The summed E-state index contributed by atoms with van der Waals surface area (Å²) in [5.41, 5.74) is 2.64. The van der Waals surface area contributed by atoms with Crippen molar-refractivity contribution in [2.24, 2.45) is 0 Å². The Hall–Kier alpha value is -3.25. The highest BCUT2D eigenvalue weighted by Gasteiger charge is 2.38. The van der Waals surface area contributed by atoms with Crippen molar-refractivity contribution in [3.8, 4) is 0 Å². The van der Waals surface area contributed by atoms with Crippen molar-refractivity contribution in [3.63, 3.8) is 0 Å². The Balaban J connectivity index is 1.89. The molecule has 0 radical (unpaired) electrons. The molecule has 3 aromatic rings. The Morgan fingerprint density at radius 3 is 1.66 bits per heavy atom. The summed E-state index contributed by atoms with van der Waals surface area (Å²) in [5.74, 6) is 0.153. The lowest BCUT2D eigenvalue weighted by atomic mass is 9.84. The normalized spacial score (nSPS) is 12.4. The number of rotatable bonds is 15. The smallest absolute Gasteiger partial charge is 0.408 e. The third-order valence-corrected chi connectivity index (χ3v) is 8.48. The summed E-state index contributed by atoms with van der Waals surface area (Å²) in [6, 6.07) is 30.3. The molecular weight excluding hydrogens is 528 g/mol. The van der Waals surface area contributed by atoms with E-state index in [4.69, 9.17) is 4.74 Å². The highest BCUT2D eigenvalue weighted by Crippen LogP contribution is 2.48. The lowest BCUT2D eigenvalue weighted by Crippen LogP contribution is -2.50. The van der Waals surface area contributed by atoms with Crippen molar-refractivity contribution in [3.05, 3.63) is 108 Å². The fourth-order valence-electron chi connectivity index (χ4n) is 4.85. The molecule has 0 spiro atoms. The number of benzene rings is 3. The summed E-state index contributed by atoms with van der Waals surface area (Å²) >= 11 is 1.65. The van der Waals surface area contributed by atoms with E-state index in [1.165, 1.54) is 25.7 Å². The van der Waals surface area contributed by atoms with E-state index >= 15 is 0 Å². The van der Waals surface area contributed by atoms with Crippen molar-refractivity contribution in [1.29, 1.82) is 0 Å². The van der Waals surface area contributed by atoms with Crippen molar-refractivity contribution in [1.82, 2.24) is 10.6 Å². The second-order valence-electron chi connectivity index (χ2n) is 11.3. The van der Waals surface area contributed by atoms with Gasteiger partial charge in [-0.1, -0.05) is 130 Å². The molecule has 5 nitrogen and oxygen atoms in total. The average molecular weight is 575 g/mol. The minimum Gasteiger partial charge on any atom is -0.444 e. The standard InChI is InChI=1S/C35H46N2O3S/c1-5-6-7-8-9-19-26-36-32(38)31(37-33(39)40-34(2,3)4)27-41-35(28-20-13-10-14-21-28,29-22-15-11-16-23-29)30-24-17-12-18-25-30/h10-18,20-25,31H,5-9,19,26-27H2,1-4H3,(H,36,38)(H,37,39)/t31-/m0/s1. The summed E-state index contributed by atoms with van der Waals surface area (Å²) < 4.78 is 4.95. The van der Waals surface area contributed by atoms with Gasteiger partial charge in [0.1, 0.15) is 11.6 Å². The largest absolute Gasteiger partial charge is 0.444 e. The second kappa shape index (κ2) is 16.3. The van der Waals surface area contributed by atoms with Crippen LogP contribution in [0, 0.1) is 0 Å². The number of hydrogen-bond donors (Lipinski definition) is 2. The van der Waals surface area contributed by atoms with E-state index < -0.39 is 22.5 Å². The number of unbranched alkanes of at least 4 members (excludes halogenated alkanes) is 5. The molecule has 220 valence electrons. The number of thioether (sulfide) groups is 1. The highest BCUT2D eigenvalue weighted by atomic mass is 32.2. The van der Waals surface area contributed by atoms with Crippen LogP contribution in [0.3, 0.4) is 0 Å². The SMILES string of the molecule is CCCCCCCCNC(=O)[C@H](CSC(c1ccccc1)(c1ccccc1)c1ccccc1)NC(=O)OC(C)(C)C. The second-order valence-corrected chi connectivity index (χ2v) is 12.6. The minimum atomic E-state index is -0.773. The van der Waals surface area contributed by atoms with Crippen LogP contribution in [0.25, 0.3) is 0 Å². The van der Waals surface area contributed by atoms with Gasteiger partial charge in [0.25, 0.3) is 0 Å². The Morgan fingerprint density at radius 1 is 0.732 bits per heavy atom. The predicted octanol–water partition coefficient (Wildman–Crippen LogP) is 8.08. The first-order valence-electron chi connectivity index (χ1n) is 14.8. The third-order valence-electron chi connectivity index (χ3n) is 6.84. The predicted molar refractivity (Wildman–Crippen MR) is 171 cm³/mol. The lowest BCUT2D eigenvalue weighted by molar-refractivity contribution is -0.122. The Kier molecular flexibility index (Phi) is 12.8. The van der Waals surface area contributed by atoms with E-state index in [2.05, 4.69) is 54.0 Å². The van der Waals surface area contributed by atoms with Crippen molar-refractivity contribution < 1.29 is 14.3 Å². The third kappa shape index (κ3) is 9.96. The Labute approximate surface area is 250 Å². The van der Waals surface area contributed by atoms with Crippen LogP contribution in [-0.4, -0.2) is 35.9 Å². The maximum atomic E-state index is 13.5. The molecule has 0 saturated carbocycles. The average Bonchev–Trinajstić information content (AvgIpc) is 2.97. The monoisotopic (exact) mass is 574 g/mol. The number of carbonyl (C=O) groups excluding carboxylic acids is 2. The van der Waals surface area contributed by atoms with E-state index in [0.717, 1.165) is 29.5 Å². The van der Waals surface area contributed by atoms with Crippen molar-refractivity contribution in [2.45, 2.75) is 82.6 Å². The zero-order valence-electron chi connectivity index (χ0n) is 25.0. The Morgan fingerprint density at radius 2 is 1.20 bits per heavy atom. The van der Waals surface area contributed by atoms with Crippen LogP contribution in [-0.2, 0) is 14.3 Å². The van der Waals surface area contributed by atoms with E-state index in [9.17, 15) is 9.59 Å². The van der Waals surface area contributed by atoms with Crippen LogP contribution in [0.5, 0.6) is 0 Å². The number of amides is 2. The minimum absolute atomic E-state index is 0.194. The summed E-state index contributed by atoms with van der Waals surface area (Å²) in [6.45, 7) is 8.25. The first kappa shape index (κ1) is 32.3. The van der Waals surface area contributed by atoms with E-state index in [-0.39, 0.29) is 5.91 Å². The molecule has 0 aliphatic carbocycles. The summed E-state index contributed by atoms with van der Waals surface area (Å²) in [5, 5.41) is 5.95. The van der Waals surface area contributed by atoms with Gasteiger partial charge >= 0.3 is 6.09 Å². The van der Waals surface area contributed by atoms with Crippen LogP contribution in [0.1, 0.15) is 82.9 Å². The van der Waals surface area contributed by atoms with Crippen LogP contribution in [0.4, 0.5) is 4.79 Å². The quantitative estimate of drug-likeness (QED) is 0.142. The van der Waals surface area contributed by atoms with Gasteiger partial charge in [-0.25, -0.2) is 4.79 Å². The molecule has 0 unspecified atom stereocenters. The number of nitrogens with one attached hydrogen (secondary N) is 2. The molecule has 1 atom stereocenters. The maximum absolute atomic E-state index is 13.5. The molecule has 2 amide bonds. The molecule has 3 rings (SSSR count). The molecule has 0 aliphatic rings. The first-order chi connectivity index (χ1) is 19.8. The van der Waals surface area contributed by atoms with Gasteiger partial charge in [0.15, 0.2) is 0 Å². The molecule has 41 heavy (non-hydrogen) atoms. The molecule has 6 heteroatoms. The molecule has 0 aliphatic heterocycles. The fraction of sp³-hybridized carbons (Fsp3) is 0.429. The van der Waals surface area contributed by atoms with Gasteiger partial charge in [-0.05, 0) is 43.9 Å². The highest BCUT2D eigenvalue weighted by molar-refractivity contribution is 8.00. The topological polar surface area (TPSA) is 67.4 Å². The van der Waals surface area contributed by atoms with Gasteiger partial charge in [0, 0.05) is 12.3 Å².